The van der Waals surface area contributed by atoms with Crippen molar-refractivity contribution in [3.63, 3.8) is 0 Å². The van der Waals surface area contributed by atoms with Crippen LogP contribution >= 0.6 is 0 Å². The minimum Gasteiger partial charge on any atom is -0.463 e. The first kappa shape index (κ1) is 10.8. The van der Waals surface area contributed by atoms with E-state index in [4.69, 9.17) is 4.74 Å². The number of hydrogen-bond donors (Lipinski definition) is 0. The fourth-order valence-electron chi connectivity index (χ4n) is 1.26. The lowest BCUT2D eigenvalue weighted by Gasteiger charge is -2.07. The van der Waals surface area contributed by atoms with Crippen LogP contribution < -0.4 is 0 Å². The second-order valence-corrected chi connectivity index (χ2v) is 3.34. The number of carbonyl (C=O) groups is 1. The van der Waals surface area contributed by atoms with Gasteiger partial charge in [-0.1, -0.05) is 23.8 Å². The number of allylic oxidation sites excluding steroid dienone is 5. The molecule has 0 aromatic rings. The SMILES string of the molecule is CCOC(=O)/C=C/C1=CC=C(C)CC1. The Kier molecular flexibility index (Phi) is 4.17. The normalized spacial score (nSPS) is 16.4. The summed E-state index contributed by atoms with van der Waals surface area (Å²) in [4.78, 5) is 11.0. The quantitative estimate of drug-likeness (QED) is 0.507. The van der Waals surface area contributed by atoms with E-state index in [2.05, 4.69) is 19.1 Å². The van der Waals surface area contributed by atoms with Crippen LogP contribution in [0.25, 0.3) is 0 Å². The third-order valence-corrected chi connectivity index (χ3v) is 2.11. The Labute approximate surface area is 85.0 Å². The van der Waals surface area contributed by atoms with Crippen LogP contribution in [0.5, 0.6) is 0 Å². The van der Waals surface area contributed by atoms with Crippen molar-refractivity contribution in [2.75, 3.05) is 6.61 Å². The first-order valence-electron chi connectivity index (χ1n) is 4.93. The summed E-state index contributed by atoms with van der Waals surface area (Å²) in [7, 11) is 0. The third kappa shape index (κ3) is 3.60. The molecule has 0 fully saturated rings. The van der Waals surface area contributed by atoms with Crippen molar-refractivity contribution in [3.05, 3.63) is 35.5 Å². The zero-order valence-corrected chi connectivity index (χ0v) is 8.75. The van der Waals surface area contributed by atoms with E-state index in [9.17, 15) is 4.79 Å². The van der Waals surface area contributed by atoms with Gasteiger partial charge < -0.3 is 4.74 Å². The summed E-state index contributed by atoms with van der Waals surface area (Å²) < 4.78 is 4.79. The molecule has 1 aliphatic carbocycles. The molecule has 0 N–H and O–H groups in total. The molecule has 0 heterocycles. The van der Waals surface area contributed by atoms with Gasteiger partial charge in [-0.2, -0.15) is 0 Å². The molecule has 0 spiro atoms. The van der Waals surface area contributed by atoms with Crippen molar-refractivity contribution in [2.45, 2.75) is 26.7 Å². The summed E-state index contributed by atoms with van der Waals surface area (Å²) in [6.45, 7) is 4.35. The van der Waals surface area contributed by atoms with E-state index in [1.165, 1.54) is 17.2 Å². The minimum atomic E-state index is -0.264. The predicted octanol–water partition coefficient (Wildman–Crippen LogP) is 2.77. The maximum Gasteiger partial charge on any atom is 0.330 e. The van der Waals surface area contributed by atoms with Crippen molar-refractivity contribution in [1.82, 2.24) is 0 Å². The standard InChI is InChI=1S/C12H16O2/c1-3-14-12(13)9-8-11-6-4-10(2)5-7-11/h4,6,8-9H,3,5,7H2,1-2H3/b9-8+. The van der Waals surface area contributed by atoms with Crippen molar-refractivity contribution >= 4 is 5.97 Å². The molecular formula is C12H16O2. The maximum absolute atomic E-state index is 11.0. The summed E-state index contributed by atoms with van der Waals surface area (Å²) in [6, 6.07) is 0. The lowest BCUT2D eigenvalue weighted by atomic mass is 9.99. The second kappa shape index (κ2) is 5.43. The summed E-state index contributed by atoms with van der Waals surface area (Å²) in [5, 5.41) is 0. The average molecular weight is 192 g/mol. The monoisotopic (exact) mass is 192 g/mol. The van der Waals surface area contributed by atoms with Crippen molar-refractivity contribution < 1.29 is 9.53 Å². The van der Waals surface area contributed by atoms with E-state index in [1.807, 2.05) is 6.08 Å². The highest BCUT2D eigenvalue weighted by atomic mass is 16.5. The van der Waals surface area contributed by atoms with Crippen LogP contribution in [-0.2, 0) is 9.53 Å². The van der Waals surface area contributed by atoms with Crippen LogP contribution in [0.15, 0.2) is 35.5 Å². The molecule has 0 radical (unpaired) electrons. The zero-order valence-electron chi connectivity index (χ0n) is 8.75. The van der Waals surface area contributed by atoms with E-state index in [1.54, 1.807) is 6.92 Å². The minimum absolute atomic E-state index is 0.264. The molecule has 2 heteroatoms. The van der Waals surface area contributed by atoms with E-state index in [0.717, 1.165) is 12.8 Å². The molecule has 14 heavy (non-hydrogen) atoms. The Morgan fingerprint density at radius 1 is 1.50 bits per heavy atom. The summed E-state index contributed by atoms with van der Waals surface area (Å²) in [5.74, 6) is -0.264. The number of hydrogen-bond acceptors (Lipinski definition) is 2. The van der Waals surface area contributed by atoms with Crippen LogP contribution in [-0.4, -0.2) is 12.6 Å². The number of carbonyl (C=O) groups excluding carboxylic acids is 1. The molecule has 0 aliphatic heterocycles. The predicted molar refractivity (Wildman–Crippen MR) is 56.8 cm³/mol. The zero-order chi connectivity index (χ0) is 10.4. The van der Waals surface area contributed by atoms with Gasteiger partial charge in [-0.3, -0.25) is 0 Å². The highest BCUT2D eigenvalue weighted by molar-refractivity contribution is 5.82. The van der Waals surface area contributed by atoms with Crippen LogP contribution in [0.2, 0.25) is 0 Å². The average Bonchev–Trinajstić information content (AvgIpc) is 2.17. The summed E-state index contributed by atoms with van der Waals surface area (Å²) in [5.41, 5.74) is 2.57. The van der Waals surface area contributed by atoms with E-state index in [0.29, 0.717) is 6.61 Å². The Balaban J connectivity index is 2.48. The fourth-order valence-corrected chi connectivity index (χ4v) is 1.26. The Morgan fingerprint density at radius 2 is 2.29 bits per heavy atom. The van der Waals surface area contributed by atoms with Crippen LogP contribution in [0, 0.1) is 0 Å². The van der Waals surface area contributed by atoms with Gasteiger partial charge in [0.1, 0.15) is 0 Å². The molecule has 1 rings (SSSR count). The molecule has 76 valence electrons. The largest absolute Gasteiger partial charge is 0.463 e. The van der Waals surface area contributed by atoms with Gasteiger partial charge in [-0.05, 0) is 32.3 Å². The molecule has 0 atom stereocenters. The topological polar surface area (TPSA) is 26.3 Å². The Hall–Kier alpha value is -1.31. The van der Waals surface area contributed by atoms with Gasteiger partial charge in [0, 0.05) is 6.08 Å². The van der Waals surface area contributed by atoms with Crippen LogP contribution in [0.3, 0.4) is 0 Å². The molecule has 0 aromatic carbocycles. The molecule has 0 unspecified atom stereocenters. The smallest absolute Gasteiger partial charge is 0.330 e. The Morgan fingerprint density at radius 3 is 2.86 bits per heavy atom. The van der Waals surface area contributed by atoms with Crippen LogP contribution in [0.4, 0.5) is 0 Å². The molecule has 0 bridgehead atoms. The van der Waals surface area contributed by atoms with Gasteiger partial charge in [0.15, 0.2) is 0 Å². The number of ether oxygens (including phenoxy) is 1. The number of rotatable bonds is 3. The fraction of sp³-hybridized carbons (Fsp3) is 0.417. The summed E-state index contributed by atoms with van der Waals surface area (Å²) >= 11 is 0. The molecule has 1 aliphatic rings. The maximum atomic E-state index is 11.0. The molecule has 0 amide bonds. The highest BCUT2D eigenvalue weighted by Crippen LogP contribution is 2.18. The van der Waals surface area contributed by atoms with Crippen molar-refractivity contribution in [1.29, 1.82) is 0 Å². The van der Waals surface area contributed by atoms with Gasteiger partial charge in [0.05, 0.1) is 6.61 Å². The van der Waals surface area contributed by atoms with E-state index in [-0.39, 0.29) is 5.97 Å². The lowest BCUT2D eigenvalue weighted by Crippen LogP contribution is -1.99. The van der Waals surface area contributed by atoms with Gasteiger partial charge in [-0.25, -0.2) is 4.79 Å². The first-order valence-corrected chi connectivity index (χ1v) is 4.93. The molecular weight excluding hydrogens is 176 g/mol. The van der Waals surface area contributed by atoms with E-state index >= 15 is 0 Å². The van der Waals surface area contributed by atoms with Gasteiger partial charge in [0.2, 0.25) is 0 Å². The second-order valence-electron chi connectivity index (χ2n) is 3.34. The van der Waals surface area contributed by atoms with E-state index < -0.39 is 0 Å². The summed E-state index contributed by atoms with van der Waals surface area (Å²) in [6.07, 6.45) is 9.56. The van der Waals surface area contributed by atoms with Crippen molar-refractivity contribution in [2.24, 2.45) is 0 Å². The number of esters is 1. The third-order valence-electron chi connectivity index (χ3n) is 2.11. The van der Waals surface area contributed by atoms with Crippen LogP contribution in [0.1, 0.15) is 26.7 Å². The molecule has 0 saturated heterocycles. The van der Waals surface area contributed by atoms with Gasteiger partial charge >= 0.3 is 5.97 Å². The van der Waals surface area contributed by atoms with Gasteiger partial charge in [-0.15, -0.1) is 0 Å². The lowest BCUT2D eigenvalue weighted by molar-refractivity contribution is -0.137. The highest BCUT2D eigenvalue weighted by Gasteiger charge is 2.00. The first-order chi connectivity index (χ1) is 6.72. The molecule has 2 nitrogen and oxygen atoms in total. The Bertz CT molecular complexity index is 295. The van der Waals surface area contributed by atoms with Gasteiger partial charge in [0.25, 0.3) is 0 Å². The molecule has 0 saturated carbocycles. The molecule has 0 aromatic heterocycles. The van der Waals surface area contributed by atoms with Crippen molar-refractivity contribution in [3.8, 4) is 0 Å².